The fourth-order valence-corrected chi connectivity index (χ4v) is 6.47. The van der Waals surface area contributed by atoms with Gasteiger partial charge in [-0.15, -0.1) is 0 Å². The smallest absolute Gasteiger partial charge is 0.345 e. The number of nitrogens with one attached hydrogen (secondary N) is 1. The molecule has 0 saturated carbocycles. The summed E-state index contributed by atoms with van der Waals surface area (Å²) >= 11 is 0. The molecule has 0 bridgehead atoms. The molecule has 6 rings (SSSR count). The van der Waals surface area contributed by atoms with E-state index in [1.807, 2.05) is 42.5 Å². The Morgan fingerprint density at radius 3 is 2.50 bits per heavy atom. The predicted molar refractivity (Wildman–Crippen MR) is 159 cm³/mol. The van der Waals surface area contributed by atoms with Crippen LogP contribution < -0.4 is 11.1 Å². The van der Waals surface area contributed by atoms with Gasteiger partial charge in [-0.25, -0.2) is 23.3 Å². The van der Waals surface area contributed by atoms with E-state index in [9.17, 15) is 18.0 Å². The summed E-state index contributed by atoms with van der Waals surface area (Å²) in [7, 11) is -3.70. The SMILES string of the molecule is O=C(N/N=C\c1cn(-c2ccccc2)nc1-c1cc2ccccc2oc1=O)c1cccc(S(=O)(=O)N2CCCCC2)c1. The molecule has 1 N–H and O–H groups in total. The van der Waals surface area contributed by atoms with Crippen molar-refractivity contribution < 1.29 is 17.6 Å². The van der Waals surface area contributed by atoms with E-state index in [2.05, 4.69) is 15.6 Å². The number of nitrogens with zero attached hydrogens (tertiary/aromatic N) is 4. The monoisotopic (exact) mass is 581 g/mol. The number of rotatable bonds is 7. The van der Waals surface area contributed by atoms with Crippen molar-refractivity contribution in [3.05, 3.63) is 113 Å². The largest absolute Gasteiger partial charge is 0.422 e. The van der Waals surface area contributed by atoms with E-state index in [0.29, 0.717) is 29.9 Å². The van der Waals surface area contributed by atoms with E-state index in [-0.39, 0.29) is 16.0 Å². The summed E-state index contributed by atoms with van der Waals surface area (Å²) in [6.45, 7) is 0.940. The Hall–Kier alpha value is -4.87. The van der Waals surface area contributed by atoms with Gasteiger partial charge in [0.25, 0.3) is 5.91 Å². The predicted octanol–water partition coefficient (Wildman–Crippen LogP) is 4.58. The van der Waals surface area contributed by atoms with Crippen molar-refractivity contribution in [3.8, 4) is 16.9 Å². The lowest BCUT2D eigenvalue weighted by Crippen LogP contribution is -2.35. The van der Waals surface area contributed by atoms with Crippen LogP contribution in [0, 0.1) is 0 Å². The number of aromatic nitrogens is 2. The first-order chi connectivity index (χ1) is 20.4. The molecule has 42 heavy (non-hydrogen) atoms. The zero-order valence-electron chi connectivity index (χ0n) is 22.5. The molecule has 0 spiro atoms. The molecule has 5 aromatic rings. The molecule has 3 aromatic carbocycles. The van der Waals surface area contributed by atoms with Crippen LogP contribution in [0.25, 0.3) is 27.9 Å². The van der Waals surface area contributed by atoms with Crippen LogP contribution in [0.3, 0.4) is 0 Å². The zero-order chi connectivity index (χ0) is 29.1. The lowest BCUT2D eigenvalue weighted by molar-refractivity contribution is 0.0955. The number of hydrogen-bond acceptors (Lipinski definition) is 7. The molecule has 0 atom stereocenters. The number of para-hydroxylation sites is 2. The average Bonchev–Trinajstić information content (AvgIpc) is 3.45. The van der Waals surface area contributed by atoms with Gasteiger partial charge in [0.05, 0.1) is 22.4 Å². The number of fused-ring (bicyclic) bond motifs is 1. The zero-order valence-corrected chi connectivity index (χ0v) is 23.3. The van der Waals surface area contributed by atoms with Crippen LogP contribution in [0.15, 0.2) is 110 Å². The Labute approximate surface area is 242 Å². The highest BCUT2D eigenvalue weighted by Gasteiger charge is 2.26. The number of piperidine rings is 1. The molecule has 1 saturated heterocycles. The summed E-state index contributed by atoms with van der Waals surface area (Å²) in [6.07, 6.45) is 5.73. The second kappa shape index (κ2) is 11.6. The first-order valence-corrected chi connectivity index (χ1v) is 15.0. The Morgan fingerprint density at radius 1 is 0.929 bits per heavy atom. The fraction of sp³-hybridized carbons (Fsp3) is 0.161. The molecule has 0 aliphatic carbocycles. The van der Waals surface area contributed by atoms with E-state index in [1.165, 1.54) is 34.8 Å². The summed E-state index contributed by atoms with van der Waals surface area (Å²) < 4.78 is 34.8. The van der Waals surface area contributed by atoms with Gasteiger partial charge in [0.1, 0.15) is 11.3 Å². The van der Waals surface area contributed by atoms with Crippen molar-refractivity contribution in [1.82, 2.24) is 19.5 Å². The lowest BCUT2D eigenvalue weighted by Gasteiger charge is -2.25. The van der Waals surface area contributed by atoms with Crippen LogP contribution >= 0.6 is 0 Å². The summed E-state index contributed by atoms with van der Waals surface area (Å²) in [5.74, 6) is -0.579. The van der Waals surface area contributed by atoms with Crippen molar-refractivity contribution in [2.75, 3.05) is 13.1 Å². The number of carbonyl (C=O) groups excluding carboxylic acids is 1. The van der Waals surface area contributed by atoms with Gasteiger partial charge in [0.15, 0.2) is 0 Å². The molecular formula is C31H27N5O5S. The normalized spacial score (nSPS) is 14.4. The summed E-state index contributed by atoms with van der Waals surface area (Å²) in [5, 5.41) is 9.49. The van der Waals surface area contributed by atoms with Crippen LogP contribution in [-0.2, 0) is 10.0 Å². The van der Waals surface area contributed by atoms with E-state index in [0.717, 1.165) is 30.3 Å². The Morgan fingerprint density at radius 2 is 1.69 bits per heavy atom. The number of amides is 1. The third-order valence-electron chi connectivity index (χ3n) is 7.08. The minimum Gasteiger partial charge on any atom is -0.422 e. The van der Waals surface area contributed by atoms with Gasteiger partial charge in [0.2, 0.25) is 10.0 Å². The number of benzene rings is 3. The highest BCUT2D eigenvalue weighted by atomic mass is 32.2. The topological polar surface area (TPSA) is 127 Å². The minimum atomic E-state index is -3.70. The van der Waals surface area contributed by atoms with Gasteiger partial charge in [0, 0.05) is 35.8 Å². The van der Waals surface area contributed by atoms with Gasteiger partial charge in [-0.2, -0.15) is 14.5 Å². The molecular weight excluding hydrogens is 554 g/mol. The Kier molecular flexibility index (Phi) is 7.51. The third-order valence-corrected chi connectivity index (χ3v) is 8.97. The number of hydrogen-bond donors (Lipinski definition) is 1. The van der Waals surface area contributed by atoms with E-state index < -0.39 is 21.6 Å². The molecule has 10 nitrogen and oxygen atoms in total. The number of sulfonamides is 1. The highest BCUT2D eigenvalue weighted by Crippen LogP contribution is 2.24. The molecule has 1 amide bonds. The Bertz CT molecular complexity index is 1960. The lowest BCUT2D eigenvalue weighted by atomic mass is 10.1. The molecule has 212 valence electrons. The van der Waals surface area contributed by atoms with Crippen LogP contribution in [-0.4, -0.2) is 47.7 Å². The third kappa shape index (κ3) is 5.52. The Balaban J connectivity index is 1.29. The molecule has 1 aliphatic heterocycles. The van der Waals surface area contributed by atoms with Crippen LogP contribution in [0.5, 0.6) is 0 Å². The maximum Gasteiger partial charge on any atom is 0.345 e. The molecule has 11 heteroatoms. The molecule has 2 aromatic heterocycles. The standard InChI is InChI=1S/C31H27N5O5S/c37-30(23-11-9-14-26(18-23)42(39,40)35-16-7-2-8-17-35)33-32-20-24-21-36(25-12-3-1-4-13-25)34-29(24)27-19-22-10-5-6-15-28(22)41-31(27)38/h1,3-6,9-15,18-21H,2,7-8,16-17H2,(H,33,37)/b32-20-. The van der Waals surface area contributed by atoms with Gasteiger partial charge in [-0.1, -0.05) is 48.9 Å². The molecule has 3 heterocycles. The fourth-order valence-electron chi connectivity index (χ4n) is 4.91. The maximum absolute atomic E-state index is 13.1. The second-order valence-electron chi connectivity index (χ2n) is 9.89. The minimum absolute atomic E-state index is 0.0653. The highest BCUT2D eigenvalue weighted by molar-refractivity contribution is 7.89. The summed E-state index contributed by atoms with van der Waals surface area (Å²) in [4.78, 5) is 26.0. The first-order valence-electron chi connectivity index (χ1n) is 13.5. The summed E-state index contributed by atoms with van der Waals surface area (Å²) in [5.41, 5.74) is 4.31. The quantitative estimate of drug-likeness (QED) is 0.170. The molecule has 0 unspecified atom stereocenters. The van der Waals surface area contributed by atoms with Crippen molar-refractivity contribution in [3.63, 3.8) is 0 Å². The first kappa shape index (κ1) is 27.3. The van der Waals surface area contributed by atoms with E-state index >= 15 is 0 Å². The van der Waals surface area contributed by atoms with Crippen molar-refractivity contribution >= 4 is 33.1 Å². The van der Waals surface area contributed by atoms with Crippen LogP contribution in [0.2, 0.25) is 0 Å². The van der Waals surface area contributed by atoms with Crippen LogP contribution in [0.4, 0.5) is 0 Å². The molecule has 0 radical (unpaired) electrons. The van der Waals surface area contributed by atoms with Gasteiger partial charge in [-0.3, -0.25) is 4.79 Å². The average molecular weight is 582 g/mol. The van der Waals surface area contributed by atoms with Gasteiger partial charge in [-0.05, 0) is 55.3 Å². The summed E-state index contributed by atoms with van der Waals surface area (Å²) in [6, 6.07) is 24.2. The molecule has 1 fully saturated rings. The van der Waals surface area contributed by atoms with E-state index in [1.54, 1.807) is 29.1 Å². The maximum atomic E-state index is 13.1. The van der Waals surface area contributed by atoms with Crippen molar-refractivity contribution in [2.45, 2.75) is 24.2 Å². The van der Waals surface area contributed by atoms with E-state index in [4.69, 9.17) is 4.42 Å². The van der Waals surface area contributed by atoms with Crippen molar-refractivity contribution in [2.24, 2.45) is 5.10 Å². The van der Waals surface area contributed by atoms with Crippen LogP contribution in [0.1, 0.15) is 35.2 Å². The molecule has 1 aliphatic rings. The van der Waals surface area contributed by atoms with Gasteiger partial charge < -0.3 is 4.42 Å². The number of carbonyl (C=O) groups is 1. The van der Waals surface area contributed by atoms with Crippen molar-refractivity contribution in [1.29, 1.82) is 0 Å². The number of hydrazone groups is 1. The van der Waals surface area contributed by atoms with Gasteiger partial charge >= 0.3 is 5.63 Å². The second-order valence-corrected chi connectivity index (χ2v) is 11.8.